The standard InChI is InChI=1S/C13H30N2O/c1-11(2)7-8-13(4,10-14)15(5)12(3)9-16-6/h11-12H,7-10,14H2,1-6H3. The van der Waals surface area contributed by atoms with Crippen LogP contribution in [0.25, 0.3) is 0 Å². The fourth-order valence-electron chi connectivity index (χ4n) is 1.91. The summed E-state index contributed by atoms with van der Waals surface area (Å²) in [6.45, 7) is 10.4. The molecule has 0 rings (SSSR count). The van der Waals surface area contributed by atoms with E-state index in [0.29, 0.717) is 12.6 Å². The average molecular weight is 230 g/mol. The molecule has 16 heavy (non-hydrogen) atoms. The highest BCUT2D eigenvalue weighted by Gasteiger charge is 2.30. The summed E-state index contributed by atoms with van der Waals surface area (Å²) in [5, 5.41) is 0. The molecule has 0 radical (unpaired) electrons. The third kappa shape index (κ3) is 4.81. The van der Waals surface area contributed by atoms with Crippen molar-refractivity contribution >= 4 is 0 Å². The molecule has 0 saturated heterocycles. The molecule has 0 amide bonds. The maximum absolute atomic E-state index is 5.95. The molecule has 0 aliphatic carbocycles. The molecule has 0 spiro atoms. The lowest BCUT2D eigenvalue weighted by Crippen LogP contribution is -2.54. The minimum atomic E-state index is 0.0855. The van der Waals surface area contributed by atoms with Crippen LogP contribution in [0.15, 0.2) is 0 Å². The van der Waals surface area contributed by atoms with Crippen molar-refractivity contribution in [1.29, 1.82) is 0 Å². The van der Waals surface area contributed by atoms with Crippen LogP contribution in [0.2, 0.25) is 0 Å². The molecule has 0 bridgehead atoms. The van der Waals surface area contributed by atoms with Gasteiger partial charge in [-0.05, 0) is 39.7 Å². The molecule has 0 aliphatic rings. The highest BCUT2D eigenvalue weighted by Crippen LogP contribution is 2.23. The number of likely N-dealkylation sites (N-methyl/N-ethyl adjacent to an activating group) is 1. The van der Waals surface area contributed by atoms with Crippen LogP contribution in [0.5, 0.6) is 0 Å². The summed E-state index contributed by atoms with van der Waals surface area (Å²) < 4.78 is 5.21. The molecule has 2 N–H and O–H groups in total. The smallest absolute Gasteiger partial charge is 0.0615 e. The lowest BCUT2D eigenvalue weighted by molar-refractivity contribution is 0.0400. The van der Waals surface area contributed by atoms with Crippen LogP contribution in [0.3, 0.4) is 0 Å². The SMILES string of the molecule is COCC(C)N(C)C(C)(CN)CCC(C)C. The number of nitrogens with zero attached hydrogens (tertiary/aromatic N) is 1. The first-order chi connectivity index (χ1) is 7.37. The van der Waals surface area contributed by atoms with Gasteiger partial charge in [0, 0.05) is 25.2 Å². The van der Waals surface area contributed by atoms with Crippen LogP contribution in [0.4, 0.5) is 0 Å². The second-order valence-electron chi connectivity index (χ2n) is 5.55. The zero-order chi connectivity index (χ0) is 12.8. The Labute approximate surface area is 101 Å². The molecule has 2 atom stereocenters. The Bertz CT molecular complexity index is 185. The van der Waals surface area contributed by atoms with Crippen LogP contribution in [0, 0.1) is 5.92 Å². The Morgan fingerprint density at radius 2 is 1.88 bits per heavy atom. The fourth-order valence-corrected chi connectivity index (χ4v) is 1.91. The van der Waals surface area contributed by atoms with Crippen molar-refractivity contribution in [3.05, 3.63) is 0 Å². The van der Waals surface area contributed by atoms with Gasteiger partial charge in [0.25, 0.3) is 0 Å². The topological polar surface area (TPSA) is 38.5 Å². The number of nitrogens with two attached hydrogens (primary N) is 1. The Balaban J connectivity index is 4.41. The molecule has 0 aromatic heterocycles. The van der Waals surface area contributed by atoms with E-state index in [4.69, 9.17) is 10.5 Å². The number of hydrogen-bond acceptors (Lipinski definition) is 3. The van der Waals surface area contributed by atoms with Crippen LogP contribution >= 0.6 is 0 Å². The second-order valence-corrected chi connectivity index (χ2v) is 5.55. The monoisotopic (exact) mass is 230 g/mol. The van der Waals surface area contributed by atoms with Gasteiger partial charge in [-0.2, -0.15) is 0 Å². The van der Waals surface area contributed by atoms with E-state index in [1.165, 1.54) is 6.42 Å². The van der Waals surface area contributed by atoms with Gasteiger partial charge in [-0.3, -0.25) is 4.90 Å². The molecule has 3 nitrogen and oxygen atoms in total. The fraction of sp³-hybridized carbons (Fsp3) is 1.00. The van der Waals surface area contributed by atoms with E-state index < -0.39 is 0 Å². The number of hydrogen-bond donors (Lipinski definition) is 1. The molecule has 98 valence electrons. The summed E-state index contributed by atoms with van der Waals surface area (Å²) in [6.07, 6.45) is 2.36. The van der Waals surface area contributed by atoms with Crippen LogP contribution < -0.4 is 5.73 Å². The van der Waals surface area contributed by atoms with E-state index in [2.05, 4.69) is 39.6 Å². The Morgan fingerprint density at radius 3 is 2.25 bits per heavy atom. The van der Waals surface area contributed by atoms with E-state index in [9.17, 15) is 0 Å². The summed E-state index contributed by atoms with van der Waals surface area (Å²) in [5.74, 6) is 0.733. The summed E-state index contributed by atoms with van der Waals surface area (Å²) in [4.78, 5) is 2.36. The van der Waals surface area contributed by atoms with Crippen molar-refractivity contribution in [3.63, 3.8) is 0 Å². The van der Waals surface area contributed by atoms with E-state index in [-0.39, 0.29) is 5.54 Å². The van der Waals surface area contributed by atoms with Gasteiger partial charge in [0.1, 0.15) is 0 Å². The van der Waals surface area contributed by atoms with Crippen LogP contribution in [-0.4, -0.2) is 43.8 Å². The summed E-state index contributed by atoms with van der Waals surface area (Å²) >= 11 is 0. The lowest BCUT2D eigenvalue weighted by Gasteiger charge is -2.42. The molecule has 0 fully saturated rings. The highest BCUT2D eigenvalue weighted by atomic mass is 16.5. The molecular formula is C13H30N2O. The van der Waals surface area contributed by atoms with Crippen LogP contribution in [-0.2, 0) is 4.74 Å². The predicted octanol–water partition coefficient (Wildman–Crippen LogP) is 2.11. The van der Waals surface area contributed by atoms with Crippen molar-refractivity contribution in [2.75, 3.05) is 27.3 Å². The molecule has 0 aliphatic heterocycles. The quantitative estimate of drug-likeness (QED) is 0.694. The van der Waals surface area contributed by atoms with Gasteiger partial charge in [0.05, 0.1) is 6.61 Å². The van der Waals surface area contributed by atoms with Crippen molar-refractivity contribution in [2.45, 2.75) is 52.1 Å². The number of ether oxygens (including phenoxy) is 1. The lowest BCUT2D eigenvalue weighted by atomic mass is 9.89. The third-order valence-corrected chi connectivity index (χ3v) is 3.62. The van der Waals surface area contributed by atoms with Crippen molar-refractivity contribution in [2.24, 2.45) is 11.7 Å². The third-order valence-electron chi connectivity index (χ3n) is 3.62. The molecule has 0 saturated carbocycles. The number of rotatable bonds is 8. The molecule has 0 aromatic carbocycles. The summed E-state index contributed by atoms with van der Waals surface area (Å²) in [5.41, 5.74) is 6.03. The van der Waals surface area contributed by atoms with E-state index in [1.54, 1.807) is 7.11 Å². The minimum Gasteiger partial charge on any atom is -0.383 e. The minimum absolute atomic E-state index is 0.0855. The molecular weight excluding hydrogens is 200 g/mol. The van der Waals surface area contributed by atoms with Crippen molar-refractivity contribution in [1.82, 2.24) is 4.90 Å². The van der Waals surface area contributed by atoms with Gasteiger partial charge in [0.15, 0.2) is 0 Å². The van der Waals surface area contributed by atoms with Crippen LogP contribution in [0.1, 0.15) is 40.5 Å². The van der Waals surface area contributed by atoms with Gasteiger partial charge >= 0.3 is 0 Å². The van der Waals surface area contributed by atoms with Gasteiger partial charge in [-0.1, -0.05) is 13.8 Å². The van der Waals surface area contributed by atoms with Crippen molar-refractivity contribution in [3.8, 4) is 0 Å². The van der Waals surface area contributed by atoms with E-state index >= 15 is 0 Å². The molecule has 3 heteroatoms. The van der Waals surface area contributed by atoms with Crippen molar-refractivity contribution < 1.29 is 4.74 Å². The average Bonchev–Trinajstić information content (AvgIpc) is 2.25. The second kappa shape index (κ2) is 7.25. The Morgan fingerprint density at radius 1 is 1.31 bits per heavy atom. The zero-order valence-corrected chi connectivity index (χ0v) is 11.9. The molecule has 0 aromatic rings. The molecule has 2 unspecified atom stereocenters. The number of methoxy groups -OCH3 is 1. The van der Waals surface area contributed by atoms with Gasteiger partial charge in [-0.15, -0.1) is 0 Å². The van der Waals surface area contributed by atoms with Gasteiger partial charge in [0.2, 0.25) is 0 Å². The Hall–Kier alpha value is -0.120. The summed E-state index contributed by atoms with van der Waals surface area (Å²) in [6, 6.07) is 0.408. The maximum atomic E-state index is 5.95. The highest BCUT2D eigenvalue weighted by molar-refractivity contribution is 4.88. The summed E-state index contributed by atoms with van der Waals surface area (Å²) in [7, 11) is 3.90. The first-order valence-electron chi connectivity index (χ1n) is 6.29. The largest absolute Gasteiger partial charge is 0.383 e. The first-order valence-corrected chi connectivity index (χ1v) is 6.29. The van der Waals surface area contributed by atoms with Gasteiger partial charge in [-0.25, -0.2) is 0 Å². The first kappa shape index (κ1) is 15.9. The molecule has 0 heterocycles. The Kier molecular flexibility index (Phi) is 7.20. The maximum Gasteiger partial charge on any atom is 0.0615 e. The van der Waals surface area contributed by atoms with Gasteiger partial charge < -0.3 is 10.5 Å². The normalized spacial score (nSPS) is 17.8. The predicted molar refractivity (Wildman–Crippen MR) is 70.6 cm³/mol. The zero-order valence-electron chi connectivity index (χ0n) is 11.9. The van der Waals surface area contributed by atoms with E-state index in [1.807, 2.05) is 0 Å². The van der Waals surface area contributed by atoms with E-state index in [0.717, 1.165) is 18.9 Å².